The number of aromatic amines is 2. The lowest BCUT2D eigenvalue weighted by Gasteiger charge is -2.83. The molecule has 2 bridgehead atoms. The van der Waals surface area contributed by atoms with Gasteiger partial charge in [0.2, 0.25) is 5.91 Å². The minimum atomic E-state index is -1.69. The van der Waals surface area contributed by atoms with Gasteiger partial charge in [0, 0.05) is 71.5 Å². The van der Waals surface area contributed by atoms with Gasteiger partial charge in [-0.15, -0.1) is 0 Å². The van der Waals surface area contributed by atoms with Crippen LogP contribution >= 0.6 is 0 Å². The molecule has 13 rings (SSSR count). The summed E-state index contributed by atoms with van der Waals surface area (Å²) in [6.07, 6.45) is 5.99. The molecule has 8 fully saturated rings. The van der Waals surface area contributed by atoms with Crippen molar-refractivity contribution in [1.82, 2.24) is 25.3 Å². The quantitative estimate of drug-likeness (QED) is 0.0874. The number of H-pyrrole nitrogens is 2. The summed E-state index contributed by atoms with van der Waals surface area (Å²) in [4.78, 5) is 45.8. The maximum Gasteiger partial charge on any atom is 0.310 e. The molecule has 11 aliphatic rings. The fourth-order valence-electron chi connectivity index (χ4n) is 22.5. The monoisotopic (exact) mass is 1100 g/mol. The lowest BCUT2D eigenvalue weighted by Crippen LogP contribution is -2.81. The zero-order valence-electron chi connectivity index (χ0n) is 46.1. The highest BCUT2D eigenvalue weighted by atomic mass is 16.7. The molecule has 2 aromatic rings. The standard InChI is InChI=1S/C59H85N7O13/c1-52(24-67)15-16-57(51(76)77)32(20-52)30-8-14-59-28-7-13-58(30,31-18-34-48(65-27-64-34)62-21-33(31)57)54(59,3)12-9-38-53(2,25-68)47(79-49-46(74)44(72)37(70)23-78-49)45(73)42(55(38,59)4)29(17-28)41-43(66-50(75)56(41)10-5-6-11-56)40(35-22-61-26-63-35)36(69)19-39(60)71/h8,17,22,26-27,29,31-33,36-47,49,62,67-74H,5-7,9-16,18-21,23-25,60H2,1-4H3,(H,61,63)(H,64,65)(H,66,75)(H,76,77). The van der Waals surface area contributed by atoms with Crippen molar-refractivity contribution < 1.29 is 65.0 Å². The molecule has 6 saturated carbocycles. The number of fused-ring (bicyclic) bond motifs is 5. The number of aliphatic hydroxyl groups excluding tert-OH is 8. The van der Waals surface area contributed by atoms with E-state index >= 15 is 4.79 Å². The number of nitrogens with zero attached hydrogens (tertiary/aromatic N) is 2. The number of carboxylic acids is 1. The van der Waals surface area contributed by atoms with Crippen molar-refractivity contribution in [3.8, 4) is 0 Å². The summed E-state index contributed by atoms with van der Waals surface area (Å²) in [5, 5.41) is 113. The van der Waals surface area contributed by atoms with Crippen molar-refractivity contribution in [3.63, 3.8) is 0 Å². The van der Waals surface area contributed by atoms with Gasteiger partial charge >= 0.3 is 5.97 Å². The van der Waals surface area contributed by atoms with Crippen molar-refractivity contribution >= 4 is 17.7 Å². The zero-order chi connectivity index (χ0) is 55.8. The number of ether oxygens (including phenoxy) is 2. The van der Waals surface area contributed by atoms with Crippen LogP contribution in [0.4, 0.5) is 5.82 Å². The summed E-state index contributed by atoms with van der Waals surface area (Å²) in [7, 11) is 0. The first kappa shape index (κ1) is 54.4. The highest BCUT2D eigenvalue weighted by molar-refractivity contribution is 5.87. The van der Waals surface area contributed by atoms with E-state index in [1.165, 1.54) is 17.5 Å². The second kappa shape index (κ2) is 18.3. The van der Waals surface area contributed by atoms with Gasteiger partial charge < -0.3 is 81.8 Å². The van der Waals surface area contributed by atoms with Gasteiger partial charge in [0.15, 0.2) is 6.29 Å². The first-order chi connectivity index (χ1) is 37.6. The highest BCUT2D eigenvalue weighted by Gasteiger charge is 2.85. The second-order valence-corrected chi connectivity index (χ2v) is 28.1. The van der Waals surface area contributed by atoms with Gasteiger partial charge in [-0.3, -0.25) is 9.59 Å². The fourth-order valence-corrected chi connectivity index (χ4v) is 22.5. The van der Waals surface area contributed by atoms with Crippen LogP contribution in [0.15, 0.2) is 42.1 Å². The first-order valence-corrected chi connectivity index (χ1v) is 29.6. The van der Waals surface area contributed by atoms with Crippen molar-refractivity contribution in [2.45, 2.75) is 179 Å². The number of anilines is 1. The Bertz CT molecular complexity index is 2790. The van der Waals surface area contributed by atoms with Crippen LogP contribution in [0, 0.1) is 84.7 Å². The number of aliphatic hydroxyl groups is 8. The molecule has 24 atom stereocenters. The summed E-state index contributed by atoms with van der Waals surface area (Å²) in [6, 6.07) is -0.754. The predicted molar refractivity (Wildman–Crippen MR) is 283 cm³/mol. The Labute approximate surface area is 460 Å². The Morgan fingerprint density at radius 3 is 2.41 bits per heavy atom. The van der Waals surface area contributed by atoms with Gasteiger partial charge in [-0.05, 0) is 116 Å². The molecule has 8 aliphatic carbocycles. The molecule has 24 unspecified atom stereocenters. The van der Waals surface area contributed by atoms with Gasteiger partial charge in [0.1, 0.15) is 30.4 Å². The van der Waals surface area contributed by atoms with E-state index < -0.39 is 141 Å². The van der Waals surface area contributed by atoms with Crippen LogP contribution in [0.1, 0.15) is 128 Å². The number of nitrogens with one attached hydrogen (secondary N) is 4. The molecule has 20 heteroatoms. The number of hydrogen-bond acceptors (Lipinski definition) is 16. The van der Waals surface area contributed by atoms with E-state index in [0.717, 1.165) is 24.4 Å². The van der Waals surface area contributed by atoms with E-state index in [0.29, 0.717) is 82.9 Å². The summed E-state index contributed by atoms with van der Waals surface area (Å²) in [5.41, 5.74) is 3.27. The Balaban J connectivity index is 1.07. The van der Waals surface area contributed by atoms with Crippen molar-refractivity contribution in [2.75, 3.05) is 31.7 Å². The van der Waals surface area contributed by atoms with Crippen LogP contribution in [0.3, 0.4) is 0 Å². The molecule has 5 heterocycles. The normalized spacial score (nSPS) is 49.3. The average molecular weight is 1100 g/mol. The van der Waals surface area contributed by atoms with E-state index in [4.69, 9.17) is 20.2 Å². The van der Waals surface area contributed by atoms with Crippen LogP contribution in [-0.2, 0) is 25.5 Å². The van der Waals surface area contributed by atoms with Gasteiger partial charge in [-0.1, -0.05) is 63.8 Å². The highest BCUT2D eigenvalue weighted by Crippen LogP contribution is 2.89. The fraction of sp³-hybridized carbons (Fsp3) is 0.797. The number of amides is 1. The minimum absolute atomic E-state index is 0.0629. The maximum atomic E-state index is 15.3. The maximum absolute atomic E-state index is 15.3. The van der Waals surface area contributed by atoms with Gasteiger partial charge in [0.05, 0.1) is 60.7 Å². The third-order valence-electron chi connectivity index (χ3n) is 25.6. The molecule has 3 spiro atoms. The van der Waals surface area contributed by atoms with Crippen LogP contribution in [-0.4, -0.2) is 159 Å². The molecule has 0 radical (unpaired) electrons. The largest absolute Gasteiger partial charge is 0.481 e. The predicted octanol–water partition coefficient (Wildman–Crippen LogP) is 2.59. The molecule has 3 aliphatic heterocycles. The molecule has 79 heavy (non-hydrogen) atoms. The number of aliphatic carboxylic acids is 1. The van der Waals surface area contributed by atoms with Crippen LogP contribution < -0.4 is 16.4 Å². The summed E-state index contributed by atoms with van der Waals surface area (Å²) in [5.74, 6) is -4.19. The van der Waals surface area contributed by atoms with Crippen LogP contribution in [0.25, 0.3) is 0 Å². The van der Waals surface area contributed by atoms with E-state index in [9.17, 15) is 50.8 Å². The number of hydrogen-bond donors (Lipinski definition) is 14. The number of allylic oxidation sites excluding steroid dienone is 4. The molecule has 15 N–H and O–H groups in total. The topological polar surface area (TPSA) is 342 Å². The molecular formula is C59H85N7O13. The number of aromatic nitrogens is 4. The molecule has 434 valence electrons. The van der Waals surface area contributed by atoms with Crippen molar-refractivity contribution in [3.05, 3.63) is 53.5 Å². The molecule has 2 saturated heterocycles. The molecule has 0 aromatic carbocycles. The smallest absolute Gasteiger partial charge is 0.310 e. The van der Waals surface area contributed by atoms with Gasteiger partial charge in [0.25, 0.3) is 0 Å². The lowest BCUT2D eigenvalue weighted by molar-refractivity contribution is -0.361. The van der Waals surface area contributed by atoms with E-state index in [1.807, 2.05) is 6.92 Å². The number of carbonyl (C=O) groups is 2. The third-order valence-corrected chi connectivity index (χ3v) is 25.6. The van der Waals surface area contributed by atoms with E-state index in [1.54, 1.807) is 12.5 Å². The van der Waals surface area contributed by atoms with Gasteiger partial charge in [-0.25, -0.2) is 9.97 Å². The van der Waals surface area contributed by atoms with Crippen molar-refractivity contribution in [2.24, 2.45) is 90.5 Å². The number of imidazole rings is 2. The number of rotatable bonds is 11. The first-order valence-electron chi connectivity index (χ1n) is 29.6. The zero-order valence-corrected chi connectivity index (χ0v) is 46.1. The summed E-state index contributed by atoms with van der Waals surface area (Å²) in [6.45, 7) is 8.43. The Kier molecular flexibility index (Phi) is 12.6. The number of carboxylic acid groups (broad SMARTS) is 1. The SMILES string of the molecule is CC1(CO)CCC2(C(=O)O)C(C1)C1=CCC34C5=CC(C6C(C(c7cnc[nH]7)C(O)CC(N)O)NC(=O)C67CCCC7)C6C(O)C(OC7OCC(O)C(O)C7O)C(C)(CO)C(CCC3(C)C1(CC5)C1Cc3[nH]cnc3NCC12)C64C. The molecule has 1 amide bonds. The molecule has 20 nitrogen and oxygen atoms in total. The second-order valence-electron chi connectivity index (χ2n) is 28.1. The van der Waals surface area contributed by atoms with E-state index in [2.05, 4.69) is 58.5 Å². The van der Waals surface area contributed by atoms with Gasteiger partial charge in [-0.2, -0.15) is 0 Å². The third kappa shape index (κ3) is 6.76. The summed E-state index contributed by atoms with van der Waals surface area (Å²) < 4.78 is 12.9. The lowest BCUT2D eigenvalue weighted by atomic mass is 9.20. The average Bonchev–Trinajstić information content (AvgIpc) is 1.11. The number of carbonyl (C=O) groups excluding carboxylic acids is 1. The Morgan fingerprint density at radius 1 is 0.937 bits per heavy atom. The molecular weight excluding hydrogens is 1010 g/mol. The summed E-state index contributed by atoms with van der Waals surface area (Å²) >= 11 is 0. The van der Waals surface area contributed by atoms with Crippen molar-refractivity contribution in [1.29, 1.82) is 0 Å². The van der Waals surface area contributed by atoms with E-state index in [-0.39, 0.29) is 43.3 Å². The van der Waals surface area contributed by atoms with Crippen LogP contribution in [0.5, 0.6) is 0 Å². The Hall–Kier alpha value is -3.80. The molecule has 2 aromatic heterocycles. The minimum Gasteiger partial charge on any atom is -0.481 e. The number of nitrogens with two attached hydrogens (primary N) is 1. The van der Waals surface area contributed by atoms with Crippen LogP contribution in [0.2, 0.25) is 0 Å². The Morgan fingerprint density at radius 2 is 1.71 bits per heavy atom.